The lowest BCUT2D eigenvalue weighted by Gasteiger charge is -2.37. The molecule has 0 aliphatic carbocycles. The average Bonchev–Trinajstić information content (AvgIpc) is 2.46. The molecule has 0 radical (unpaired) electrons. The van der Waals surface area contributed by atoms with E-state index >= 15 is 0 Å². The van der Waals surface area contributed by atoms with E-state index in [2.05, 4.69) is 21.7 Å². The lowest BCUT2D eigenvalue weighted by atomic mass is 9.96. The van der Waals surface area contributed by atoms with E-state index in [1.807, 2.05) is 0 Å². The summed E-state index contributed by atoms with van der Waals surface area (Å²) < 4.78 is 17.5. The molecule has 110 valence electrons. The number of methoxy groups -OCH3 is 1. The fourth-order valence-corrected chi connectivity index (χ4v) is 2.52. The van der Waals surface area contributed by atoms with Gasteiger partial charge in [-0.15, -0.1) is 0 Å². The normalized spacial score (nSPS) is 22.7. The Morgan fingerprint density at radius 1 is 1.50 bits per heavy atom. The SMILES string of the molecule is CO[C@H]1CN(c2cc(C(=O)OF)cc(C)n2)CC[C@H]1C. The molecule has 1 fully saturated rings. The van der Waals surface area contributed by atoms with E-state index in [-0.39, 0.29) is 11.7 Å². The van der Waals surface area contributed by atoms with Crippen molar-refractivity contribution < 1.29 is 19.0 Å². The van der Waals surface area contributed by atoms with Gasteiger partial charge >= 0.3 is 5.97 Å². The maximum Gasteiger partial charge on any atom is 0.379 e. The van der Waals surface area contributed by atoms with Crippen molar-refractivity contribution in [2.75, 3.05) is 25.1 Å². The molecule has 1 saturated heterocycles. The van der Waals surface area contributed by atoms with Gasteiger partial charge in [0.2, 0.25) is 0 Å². The van der Waals surface area contributed by atoms with Gasteiger partial charge in [-0.1, -0.05) is 6.92 Å². The van der Waals surface area contributed by atoms with E-state index in [1.54, 1.807) is 20.1 Å². The summed E-state index contributed by atoms with van der Waals surface area (Å²) in [6.07, 6.45) is 1.11. The number of rotatable bonds is 3. The number of carbonyl (C=O) groups is 1. The zero-order valence-corrected chi connectivity index (χ0v) is 11.9. The zero-order chi connectivity index (χ0) is 14.7. The Hall–Kier alpha value is -1.69. The molecule has 20 heavy (non-hydrogen) atoms. The predicted octanol–water partition coefficient (Wildman–Crippen LogP) is 2.29. The summed E-state index contributed by atoms with van der Waals surface area (Å²) in [5.41, 5.74) is 0.818. The Labute approximate surface area is 117 Å². The first kappa shape index (κ1) is 14.7. The molecule has 2 heterocycles. The topological polar surface area (TPSA) is 51.7 Å². The third-order valence-corrected chi connectivity index (χ3v) is 3.76. The molecular formula is C14H19FN2O3. The number of nitrogens with zero attached hydrogens (tertiary/aromatic N) is 2. The standard InChI is InChI=1S/C14H19FN2O3/c1-9-4-5-17(8-12(9)19-3)13-7-11(14(18)20-15)6-10(2)16-13/h6-7,9,12H,4-5,8H2,1-3H3/t9-,12+/m1/s1. The van der Waals surface area contributed by atoms with Crippen LogP contribution in [-0.4, -0.2) is 37.3 Å². The van der Waals surface area contributed by atoms with Gasteiger partial charge in [0.05, 0.1) is 11.7 Å². The Morgan fingerprint density at radius 3 is 2.90 bits per heavy atom. The van der Waals surface area contributed by atoms with Crippen molar-refractivity contribution in [1.82, 2.24) is 4.98 Å². The molecule has 2 atom stereocenters. The number of aryl methyl sites for hydroxylation is 1. The van der Waals surface area contributed by atoms with Gasteiger partial charge < -0.3 is 9.64 Å². The molecule has 1 aliphatic rings. The van der Waals surface area contributed by atoms with Crippen molar-refractivity contribution >= 4 is 11.8 Å². The molecule has 6 heteroatoms. The Bertz CT molecular complexity index is 495. The van der Waals surface area contributed by atoms with Crippen LogP contribution in [0.1, 0.15) is 29.4 Å². The summed E-state index contributed by atoms with van der Waals surface area (Å²) in [6.45, 7) is 5.46. The molecule has 0 spiro atoms. The van der Waals surface area contributed by atoms with E-state index in [0.717, 1.165) is 13.0 Å². The number of aromatic nitrogens is 1. The lowest BCUT2D eigenvalue weighted by molar-refractivity contribution is -0.0788. The van der Waals surface area contributed by atoms with Gasteiger partial charge in [0.15, 0.2) is 0 Å². The van der Waals surface area contributed by atoms with Gasteiger partial charge in [-0.2, -0.15) is 0 Å². The summed E-state index contributed by atoms with van der Waals surface area (Å²) in [5.74, 6) is 0.140. The van der Waals surface area contributed by atoms with Crippen LogP contribution in [0.25, 0.3) is 0 Å². The molecule has 1 aliphatic heterocycles. The van der Waals surface area contributed by atoms with E-state index in [4.69, 9.17) is 4.74 Å². The van der Waals surface area contributed by atoms with Crippen molar-refractivity contribution in [1.29, 1.82) is 0 Å². The van der Waals surface area contributed by atoms with Crippen LogP contribution in [0.4, 0.5) is 10.3 Å². The van der Waals surface area contributed by atoms with Crippen LogP contribution in [0.3, 0.4) is 0 Å². The molecule has 1 aromatic rings. The van der Waals surface area contributed by atoms with Crippen molar-refractivity contribution in [3.05, 3.63) is 23.4 Å². The van der Waals surface area contributed by atoms with Crippen LogP contribution in [0, 0.1) is 12.8 Å². The van der Waals surface area contributed by atoms with Crippen molar-refractivity contribution in [2.24, 2.45) is 5.92 Å². The average molecular weight is 282 g/mol. The molecule has 0 bridgehead atoms. The molecule has 0 unspecified atom stereocenters. The number of piperidine rings is 1. The second-order valence-corrected chi connectivity index (χ2v) is 5.21. The molecule has 0 saturated carbocycles. The first-order chi connectivity index (χ1) is 9.55. The highest BCUT2D eigenvalue weighted by atomic mass is 19.3. The van der Waals surface area contributed by atoms with Crippen LogP contribution in [0.2, 0.25) is 0 Å². The molecule has 1 aromatic heterocycles. The van der Waals surface area contributed by atoms with Gasteiger partial charge in [-0.25, -0.2) is 14.7 Å². The lowest BCUT2D eigenvalue weighted by Crippen LogP contribution is -2.44. The molecule has 0 N–H and O–H groups in total. The summed E-state index contributed by atoms with van der Waals surface area (Å²) in [4.78, 5) is 21.0. The minimum Gasteiger partial charge on any atom is -0.379 e. The summed E-state index contributed by atoms with van der Waals surface area (Å²) in [7, 11) is 1.69. The number of pyridine rings is 1. The molecule has 0 amide bonds. The van der Waals surface area contributed by atoms with Gasteiger partial charge in [0.1, 0.15) is 5.82 Å². The number of ether oxygens (including phenoxy) is 1. The molecule has 2 rings (SSSR count). The Balaban J connectivity index is 2.24. The monoisotopic (exact) mass is 282 g/mol. The number of halogens is 1. The van der Waals surface area contributed by atoms with E-state index in [0.29, 0.717) is 24.0 Å². The quantitative estimate of drug-likeness (QED) is 0.851. The number of carbonyl (C=O) groups excluding carboxylic acids is 1. The van der Waals surface area contributed by atoms with Gasteiger partial charge in [0, 0.05) is 30.4 Å². The highest BCUT2D eigenvalue weighted by Crippen LogP contribution is 2.24. The largest absolute Gasteiger partial charge is 0.379 e. The fraction of sp³-hybridized carbons (Fsp3) is 0.571. The van der Waals surface area contributed by atoms with Gasteiger partial charge in [0.25, 0.3) is 0 Å². The highest BCUT2D eigenvalue weighted by molar-refractivity contribution is 5.90. The smallest absolute Gasteiger partial charge is 0.379 e. The van der Waals surface area contributed by atoms with Crippen LogP contribution < -0.4 is 4.90 Å². The zero-order valence-electron chi connectivity index (χ0n) is 11.9. The van der Waals surface area contributed by atoms with Crippen LogP contribution in [0.15, 0.2) is 12.1 Å². The first-order valence-corrected chi connectivity index (χ1v) is 6.64. The number of hydrogen-bond acceptors (Lipinski definition) is 5. The summed E-state index contributed by atoms with van der Waals surface area (Å²) in [6, 6.07) is 3.06. The van der Waals surface area contributed by atoms with E-state index in [1.165, 1.54) is 6.07 Å². The second-order valence-electron chi connectivity index (χ2n) is 5.21. The van der Waals surface area contributed by atoms with Crippen molar-refractivity contribution in [2.45, 2.75) is 26.4 Å². The van der Waals surface area contributed by atoms with Gasteiger partial charge in [-0.3, -0.25) is 0 Å². The van der Waals surface area contributed by atoms with Crippen molar-refractivity contribution in [3.63, 3.8) is 0 Å². The minimum absolute atomic E-state index is 0.127. The van der Waals surface area contributed by atoms with Crippen LogP contribution in [-0.2, 0) is 9.68 Å². The van der Waals surface area contributed by atoms with Crippen molar-refractivity contribution in [3.8, 4) is 0 Å². The van der Waals surface area contributed by atoms with Gasteiger partial charge in [-0.05, 0) is 31.4 Å². The fourth-order valence-electron chi connectivity index (χ4n) is 2.52. The molecule has 5 nitrogen and oxygen atoms in total. The predicted molar refractivity (Wildman–Crippen MR) is 72.3 cm³/mol. The Morgan fingerprint density at radius 2 is 2.25 bits per heavy atom. The minimum atomic E-state index is -0.995. The first-order valence-electron chi connectivity index (χ1n) is 6.64. The maximum absolute atomic E-state index is 12.0. The van der Waals surface area contributed by atoms with E-state index in [9.17, 15) is 9.32 Å². The second kappa shape index (κ2) is 6.17. The maximum atomic E-state index is 12.0. The van der Waals surface area contributed by atoms with Crippen LogP contribution >= 0.6 is 0 Å². The molecular weight excluding hydrogens is 263 g/mol. The third-order valence-electron chi connectivity index (χ3n) is 3.76. The van der Waals surface area contributed by atoms with Crippen LogP contribution in [0.5, 0.6) is 0 Å². The number of hydrogen-bond donors (Lipinski definition) is 0. The molecule has 0 aromatic carbocycles. The van der Waals surface area contributed by atoms with E-state index < -0.39 is 5.97 Å². The summed E-state index contributed by atoms with van der Waals surface area (Å²) in [5, 5.41) is 0. The third kappa shape index (κ3) is 3.07. The highest BCUT2D eigenvalue weighted by Gasteiger charge is 2.27. The summed E-state index contributed by atoms with van der Waals surface area (Å²) >= 11 is 0. The number of anilines is 1. The Kier molecular flexibility index (Phi) is 4.54.